The topological polar surface area (TPSA) is 27.7 Å². The number of methoxy groups -OCH3 is 2. The Morgan fingerprint density at radius 2 is 2.40 bits per heavy atom. The third-order valence-corrected chi connectivity index (χ3v) is 1.43. The molecular formula is C7H12O3. The first-order valence-electron chi connectivity index (χ1n) is 3.30. The zero-order valence-corrected chi connectivity index (χ0v) is 6.29. The monoisotopic (exact) mass is 144 g/mol. The minimum absolute atomic E-state index is 0.125. The quantitative estimate of drug-likeness (QED) is 0.584. The van der Waals surface area contributed by atoms with Gasteiger partial charge in [0.25, 0.3) is 5.95 Å². The van der Waals surface area contributed by atoms with Gasteiger partial charge in [0.1, 0.15) is 0 Å². The summed E-state index contributed by atoms with van der Waals surface area (Å²) in [4.78, 5) is 0. The summed E-state index contributed by atoms with van der Waals surface area (Å²) in [5, 5.41) is 0. The van der Waals surface area contributed by atoms with Crippen molar-refractivity contribution in [2.24, 2.45) is 0 Å². The molecule has 0 radical (unpaired) electrons. The van der Waals surface area contributed by atoms with Gasteiger partial charge in [-0.05, 0) is 12.5 Å². The van der Waals surface area contributed by atoms with E-state index in [1.807, 2.05) is 6.08 Å². The van der Waals surface area contributed by atoms with Crippen LogP contribution in [-0.2, 0) is 14.2 Å². The molecule has 0 bridgehead atoms. The summed E-state index contributed by atoms with van der Waals surface area (Å²) in [6, 6.07) is 0. The van der Waals surface area contributed by atoms with Gasteiger partial charge >= 0.3 is 0 Å². The second kappa shape index (κ2) is 3.46. The molecule has 1 unspecified atom stereocenters. The second-order valence-corrected chi connectivity index (χ2v) is 2.09. The molecule has 1 aliphatic rings. The predicted octanol–water partition coefficient (Wildman–Crippen LogP) is 1.26. The Morgan fingerprint density at radius 1 is 1.60 bits per heavy atom. The van der Waals surface area contributed by atoms with Crippen molar-refractivity contribution in [3.8, 4) is 0 Å². The molecule has 0 aromatic carbocycles. The maximum atomic E-state index is 5.20. The van der Waals surface area contributed by atoms with Crippen LogP contribution >= 0.6 is 0 Å². The van der Waals surface area contributed by atoms with E-state index in [4.69, 9.17) is 14.2 Å². The minimum atomic E-state index is -0.125. The van der Waals surface area contributed by atoms with Gasteiger partial charge in [0.2, 0.25) is 6.29 Å². The normalized spacial score (nSPS) is 25.0. The fourth-order valence-electron chi connectivity index (χ4n) is 0.871. The fraction of sp³-hybridized carbons (Fsp3) is 0.714. The molecule has 58 valence electrons. The maximum absolute atomic E-state index is 5.20. The van der Waals surface area contributed by atoms with Gasteiger partial charge in [0.15, 0.2) is 0 Å². The zero-order chi connectivity index (χ0) is 7.40. The Hall–Kier alpha value is -0.700. The summed E-state index contributed by atoms with van der Waals surface area (Å²) in [6.07, 6.45) is 3.65. The Balaban J connectivity index is 2.40. The molecule has 0 N–H and O–H groups in total. The molecule has 0 aromatic rings. The molecule has 0 saturated heterocycles. The van der Waals surface area contributed by atoms with Gasteiger partial charge in [-0.1, -0.05) is 0 Å². The summed E-state index contributed by atoms with van der Waals surface area (Å²) in [5.41, 5.74) is 0. The van der Waals surface area contributed by atoms with Crippen LogP contribution in [0.2, 0.25) is 0 Å². The van der Waals surface area contributed by atoms with E-state index in [9.17, 15) is 0 Å². The van der Waals surface area contributed by atoms with Crippen molar-refractivity contribution >= 4 is 0 Å². The van der Waals surface area contributed by atoms with Crippen LogP contribution in [0.15, 0.2) is 12.0 Å². The number of hydrogen-bond acceptors (Lipinski definition) is 3. The van der Waals surface area contributed by atoms with E-state index in [1.54, 1.807) is 14.2 Å². The van der Waals surface area contributed by atoms with E-state index >= 15 is 0 Å². The van der Waals surface area contributed by atoms with Crippen molar-refractivity contribution in [3.05, 3.63) is 12.0 Å². The molecule has 1 aliphatic heterocycles. The van der Waals surface area contributed by atoms with Crippen molar-refractivity contribution in [2.45, 2.75) is 19.1 Å². The summed E-state index contributed by atoms with van der Waals surface area (Å²) in [7, 11) is 3.22. The lowest BCUT2D eigenvalue weighted by Gasteiger charge is -2.21. The van der Waals surface area contributed by atoms with Crippen LogP contribution in [0.1, 0.15) is 12.8 Å². The van der Waals surface area contributed by atoms with Gasteiger partial charge in [-0.3, -0.25) is 0 Å². The van der Waals surface area contributed by atoms with Crippen LogP contribution in [0.3, 0.4) is 0 Å². The maximum Gasteiger partial charge on any atom is 0.276 e. The minimum Gasteiger partial charge on any atom is -0.469 e. The molecule has 0 amide bonds. The van der Waals surface area contributed by atoms with Crippen LogP contribution in [0.25, 0.3) is 0 Å². The summed E-state index contributed by atoms with van der Waals surface area (Å²) >= 11 is 0. The fourth-order valence-corrected chi connectivity index (χ4v) is 0.871. The highest BCUT2D eigenvalue weighted by Gasteiger charge is 2.14. The van der Waals surface area contributed by atoms with Crippen molar-refractivity contribution in [2.75, 3.05) is 14.2 Å². The van der Waals surface area contributed by atoms with Crippen molar-refractivity contribution in [1.29, 1.82) is 0 Å². The number of hydrogen-bond donors (Lipinski definition) is 0. The summed E-state index contributed by atoms with van der Waals surface area (Å²) in [5.74, 6) is 0.568. The van der Waals surface area contributed by atoms with Gasteiger partial charge < -0.3 is 14.2 Å². The molecule has 0 spiro atoms. The van der Waals surface area contributed by atoms with Crippen LogP contribution in [0, 0.1) is 0 Å². The number of allylic oxidation sites excluding steroid dienone is 1. The number of rotatable bonds is 2. The van der Waals surface area contributed by atoms with E-state index < -0.39 is 0 Å². The lowest BCUT2D eigenvalue weighted by Crippen LogP contribution is -2.18. The van der Waals surface area contributed by atoms with Gasteiger partial charge in [-0.25, -0.2) is 0 Å². The highest BCUT2D eigenvalue weighted by Crippen LogP contribution is 2.16. The Morgan fingerprint density at radius 3 is 3.00 bits per heavy atom. The van der Waals surface area contributed by atoms with Gasteiger partial charge in [0, 0.05) is 13.5 Å². The average molecular weight is 144 g/mol. The standard InChI is InChI=1S/C7H12O3/c1-8-6-4-3-5-7(9-2)10-6/h4,7H,3,5H2,1-2H3. The third-order valence-electron chi connectivity index (χ3n) is 1.43. The third kappa shape index (κ3) is 1.64. The Bertz CT molecular complexity index is 131. The molecule has 10 heavy (non-hydrogen) atoms. The average Bonchev–Trinajstić information content (AvgIpc) is 2.05. The zero-order valence-electron chi connectivity index (χ0n) is 6.29. The predicted molar refractivity (Wildman–Crippen MR) is 36.2 cm³/mol. The van der Waals surface area contributed by atoms with Gasteiger partial charge in [-0.2, -0.15) is 0 Å². The Kier molecular flexibility index (Phi) is 2.57. The molecule has 0 aromatic heterocycles. The van der Waals surface area contributed by atoms with E-state index in [0.29, 0.717) is 5.95 Å². The Labute approximate surface area is 60.6 Å². The van der Waals surface area contributed by atoms with Crippen LogP contribution < -0.4 is 0 Å². The highest BCUT2D eigenvalue weighted by molar-refractivity contribution is 4.87. The first-order valence-corrected chi connectivity index (χ1v) is 3.30. The number of ether oxygens (including phenoxy) is 3. The first-order chi connectivity index (χ1) is 4.86. The van der Waals surface area contributed by atoms with E-state index in [0.717, 1.165) is 12.8 Å². The molecule has 3 nitrogen and oxygen atoms in total. The molecular weight excluding hydrogens is 132 g/mol. The molecule has 3 heteroatoms. The molecule has 0 saturated carbocycles. The van der Waals surface area contributed by atoms with Crippen molar-refractivity contribution in [1.82, 2.24) is 0 Å². The summed E-state index contributed by atoms with van der Waals surface area (Å²) in [6.45, 7) is 0. The lowest BCUT2D eigenvalue weighted by atomic mass is 10.2. The van der Waals surface area contributed by atoms with Crippen LogP contribution in [0.5, 0.6) is 0 Å². The van der Waals surface area contributed by atoms with Crippen molar-refractivity contribution < 1.29 is 14.2 Å². The van der Waals surface area contributed by atoms with E-state index in [2.05, 4.69) is 0 Å². The molecule has 1 heterocycles. The highest BCUT2D eigenvalue weighted by atomic mass is 16.7. The van der Waals surface area contributed by atoms with Crippen LogP contribution in [-0.4, -0.2) is 20.5 Å². The molecule has 1 rings (SSSR count). The van der Waals surface area contributed by atoms with E-state index in [1.165, 1.54) is 0 Å². The summed E-state index contributed by atoms with van der Waals surface area (Å²) < 4.78 is 15.1. The second-order valence-electron chi connectivity index (χ2n) is 2.09. The van der Waals surface area contributed by atoms with Gasteiger partial charge in [0.05, 0.1) is 7.11 Å². The smallest absolute Gasteiger partial charge is 0.276 e. The van der Waals surface area contributed by atoms with Crippen molar-refractivity contribution in [3.63, 3.8) is 0 Å². The molecule has 1 atom stereocenters. The molecule has 0 aliphatic carbocycles. The molecule has 0 fully saturated rings. The lowest BCUT2D eigenvalue weighted by molar-refractivity contribution is -0.140. The largest absolute Gasteiger partial charge is 0.469 e. The SMILES string of the molecule is COC1=CCCC(OC)O1. The first kappa shape index (κ1) is 7.41. The van der Waals surface area contributed by atoms with Crippen LogP contribution in [0.4, 0.5) is 0 Å². The van der Waals surface area contributed by atoms with Gasteiger partial charge in [-0.15, -0.1) is 0 Å². The van der Waals surface area contributed by atoms with E-state index in [-0.39, 0.29) is 6.29 Å².